The van der Waals surface area contributed by atoms with Crippen LogP contribution in [0.1, 0.15) is 37.4 Å². The molecule has 0 aliphatic carbocycles. The van der Waals surface area contributed by atoms with E-state index in [9.17, 15) is 5.11 Å². The molecule has 2 N–H and O–H groups in total. The van der Waals surface area contributed by atoms with Crippen LogP contribution in [0.15, 0.2) is 42.5 Å². The van der Waals surface area contributed by atoms with Gasteiger partial charge in [0.15, 0.2) is 0 Å². The summed E-state index contributed by atoms with van der Waals surface area (Å²) in [6.45, 7) is 0.215. The summed E-state index contributed by atoms with van der Waals surface area (Å²) in [6.07, 6.45) is 2.88. The molecule has 0 radical (unpaired) electrons. The van der Waals surface area contributed by atoms with Crippen molar-refractivity contribution in [1.29, 1.82) is 0 Å². The molecule has 0 fully saturated rings. The molecule has 0 aromatic heterocycles. The molecule has 0 bridgehead atoms. The summed E-state index contributed by atoms with van der Waals surface area (Å²) in [5, 5.41) is 20.1. The Balaban J connectivity index is 2.03. The van der Waals surface area contributed by atoms with Crippen molar-refractivity contribution in [3.63, 3.8) is 0 Å². The number of aliphatic hydroxyl groups is 2. The highest BCUT2D eigenvalue weighted by atomic mass is 35.5. The third-order valence-corrected chi connectivity index (χ3v) is 4.22. The molecule has 4 heteroatoms. The first kappa shape index (κ1) is 17.3. The highest BCUT2D eigenvalue weighted by molar-refractivity contribution is 6.36. The van der Waals surface area contributed by atoms with Crippen molar-refractivity contribution in [1.82, 2.24) is 0 Å². The summed E-state index contributed by atoms with van der Waals surface area (Å²) in [4.78, 5) is 0. The third kappa shape index (κ3) is 4.72. The molecular weight excluding hydrogens is 319 g/mol. The van der Waals surface area contributed by atoms with Gasteiger partial charge in [0, 0.05) is 22.2 Å². The van der Waals surface area contributed by atoms with Crippen LogP contribution < -0.4 is 0 Å². The molecule has 22 heavy (non-hydrogen) atoms. The topological polar surface area (TPSA) is 40.5 Å². The van der Waals surface area contributed by atoms with E-state index in [4.69, 9.17) is 28.3 Å². The molecule has 2 aromatic carbocycles. The Hall–Kier alpha value is -1.06. The van der Waals surface area contributed by atoms with E-state index in [0.29, 0.717) is 16.5 Å². The van der Waals surface area contributed by atoms with Crippen LogP contribution in [0.4, 0.5) is 0 Å². The number of hydrogen-bond donors (Lipinski definition) is 2. The highest BCUT2D eigenvalue weighted by Gasteiger charge is 2.09. The zero-order valence-corrected chi connectivity index (χ0v) is 13.8. The first-order valence-electron chi connectivity index (χ1n) is 7.46. The van der Waals surface area contributed by atoms with Crippen molar-refractivity contribution in [3.8, 4) is 11.1 Å². The molecular formula is C18H20Cl2O2. The fourth-order valence-corrected chi connectivity index (χ4v) is 2.92. The van der Waals surface area contributed by atoms with Crippen LogP contribution >= 0.6 is 23.2 Å². The lowest BCUT2D eigenvalue weighted by molar-refractivity contribution is 0.162. The first-order valence-corrected chi connectivity index (χ1v) is 8.21. The maximum atomic E-state index is 10.2. The number of benzene rings is 2. The van der Waals surface area contributed by atoms with Gasteiger partial charge < -0.3 is 10.2 Å². The van der Waals surface area contributed by atoms with Crippen LogP contribution in [0.5, 0.6) is 0 Å². The van der Waals surface area contributed by atoms with E-state index in [2.05, 4.69) is 0 Å². The average molecular weight is 339 g/mol. The number of hydrogen-bond acceptors (Lipinski definition) is 2. The largest absolute Gasteiger partial charge is 0.396 e. The first-order chi connectivity index (χ1) is 10.6. The normalized spacial score (nSPS) is 12.4. The van der Waals surface area contributed by atoms with Gasteiger partial charge in [0.25, 0.3) is 0 Å². The fraction of sp³-hybridized carbons (Fsp3) is 0.333. The van der Waals surface area contributed by atoms with Gasteiger partial charge in [-0.05, 0) is 36.1 Å². The summed E-state index contributed by atoms with van der Waals surface area (Å²) in [6, 6.07) is 13.2. The van der Waals surface area contributed by atoms with E-state index < -0.39 is 6.10 Å². The molecule has 2 nitrogen and oxygen atoms in total. The van der Waals surface area contributed by atoms with Crippen LogP contribution in [-0.4, -0.2) is 16.8 Å². The predicted octanol–water partition coefficient (Wildman–Crippen LogP) is 5.25. The van der Waals surface area contributed by atoms with Gasteiger partial charge in [-0.15, -0.1) is 0 Å². The van der Waals surface area contributed by atoms with Crippen molar-refractivity contribution < 1.29 is 10.2 Å². The maximum absolute atomic E-state index is 10.2. The Morgan fingerprint density at radius 3 is 2.27 bits per heavy atom. The lowest BCUT2D eigenvalue weighted by Crippen LogP contribution is -1.97. The second-order valence-electron chi connectivity index (χ2n) is 5.33. The van der Waals surface area contributed by atoms with E-state index in [0.717, 1.165) is 36.0 Å². The number of unbranched alkanes of at least 4 members (excludes halogenated alkanes) is 2. The molecule has 1 atom stereocenters. The van der Waals surface area contributed by atoms with Gasteiger partial charge >= 0.3 is 0 Å². The fourth-order valence-electron chi connectivity index (χ4n) is 2.40. The van der Waals surface area contributed by atoms with Crippen LogP contribution in [0.2, 0.25) is 10.0 Å². The number of halogens is 2. The van der Waals surface area contributed by atoms with Gasteiger partial charge in [-0.2, -0.15) is 0 Å². The van der Waals surface area contributed by atoms with Gasteiger partial charge in [-0.3, -0.25) is 0 Å². The Morgan fingerprint density at radius 1 is 0.909 bits per heavy atom. The molecule has 2 rings (SSSR count). The molecule has 0 unspecified atom stereocenters. The van der Waals surface area contributed by atoms with Gasteiger partial charge in [-0.25, -0.2) is 0 Å². The van der Waals surface area contributed by atoms with Crippen LogP contribution in [0, 0.1) is 0 Å². The summed E-state index contributed by atoms with van der Waals surface area (Å²) in [5.74, 6) is 0. The standard InChI is InChI=1S/C18H20Cl2O2/c19-15-9-10-16(17(20)12-15)13-5-7-14(8-6-13)18(22)4-2-1-3-11-21/h5-10,12,18,21-22H,1-4,11H2/t18-/m0/s1. The lowest BCUT2D eigenvalue weighted by atomic mass is 9.99. The molecule has 2 aromatic rings. The monoisotopic (exact) mass is 338 g/mol. The van der Waals surface area contributed by atoms with Gasteiger partial charge in [0.2, 0.25) is 0 Å². The minimum absolute atomic E-state index is 0.215. The van der Waals surface area contributed by atoms with Crippen molar-refractivity contribution in [2.24, 2.45) is 0 Å². The SMILES string of the molecule is OCCCCC[C@H](O)c1ccc(-c2ccc(Cl)cc2Cl)cc1. The Labute approximate surface area is 141 Å². The van der Waals surface area contributed by atoms with Crippen LogP contribution in [0.25, 0.3) is 11.1 Å². The Morgan fingerprint density at radius 2 is 1.64 bits per heavy atom. The van der Waals surface area contributed by atoms with E-state index in [1.807, 2.05) is 36.4 Å². The molecule has 0 amide bonds. The van der Waals surface area contributed by atoms with Crippen molar-refractivity contribution in [3.05, 3.63) is 58.1 Å². The van der Waals surface area contributed by atoms with Crippen molar-refractivity contribution >= 4 is 23.2 Å². The number of aliphatic hydroxyl groups excluding tert-OH is 2. The van der Waals surface area contributed by atoms with Crippen molar-refractivity contribution in [2.75, 3.05) is 6.61 Å². The molecule has 0 saturated heterocycles. The zero-order valence-electron chi connectivity index (χ0n) is 12.3. The summed E-state index contributed by atoms with van der Waals surface area (Å²) >= 11 is 12.1. The van der Waals surface area contributed by atoms with Gasteiger partial charge in [-0.1, -0.05) is 66.4 Å². The Bertz CT molecular complexity index is 597. The predicted molar refractivity (Wildman–Crippen MR) is 92.4 cm³/mol. The maximum Gasteiger partial charge on any atom is 0.0790 e. The smallest absolute Gasteiger partial charge is 0.0790 e. The van der Waals surface area contributed by atoms with E-state index in [1.165, 1.54) is 0 Å². The average Bonchev–Trinajstić information content (AvgIpc) is 2.52. The second kappa shape index (κ2) is 8.54. The molecule has 0 saturated carbocycles. The molecule has 0 aliphatic heterocycles. The minimum atomic E-state index is -0.464. The van der Waals surface area contributed by atoms with Crippen molar-refractivity contribution in [2.45, 2.75) is 31.8 Å². The highest BCUT2D eigenvalue weighted by Crippen LogP contribution is 2.31. The van der Waals surface area contributed by atoms with Crippen LogP contribution in [-0.2, 0) is 0 Å². The second-order valence-corrected chi connectivity index (χ2v) is 6.18. The van der Waals surface area contributed by atoms with Crippen LogP contribution in [0.3, 0.4) is 0 Å². The Kier molecular flexibility index (Phi) is 6.71. The summed E-state index contributed by atoms with van der Waals surface area (Å²) in [5.41, 5.74) is 2.82. The van der Waals surface area contributed by atoms with E-state index in [-0.39, 0.29) is 6.61 Å². The molecule has 0 heterocycles. The minimum Gasteiger partial charge on any atom is -0.396 e. The van der Waals surface area contributed by atoms with Gasteiger partial charge in [0.05, 0.1) is 6.10 Å². The summed E-state index contributed by atoms with van der Waals surface area (Å²) < 4.78 is 0. The zero-order chi connectivity index (χ0) is 15.9. The van der Waals surface area contributed by atoms with E-state index >= 15 is 0 Å². The summed E-state index contributed by atoms with van der Waals surface area (Å²) in [7, 11) is 0. The lowest BCUT2D eigenvalue weighted by Gasteiger charge is -2.12. The van der Waals surface area contributed by atoms with E-state index in [1.54, 1.807) is 6.07 Å². The molecule has 0 spiro atoms. The molecule has 118 valence electrons. The van der Waals surface area contributed by atoms with Gasteiger partial charge in [0.1, 0.15) is 0 Å². The molecule has 0 aliphatic rings. The quantitative estimate of drug-likeness (QED) is 0.677. The number of rotatable bonds is 7. The third-order valence-electron chi connectivity index (χ3n) is 3.67.